The lowest BCUT2D eigenvalue weighted by molar-refractivity contribution is 0.0910. The van der Waals surface area contributed by atoms with E-state index < -0.39 is 0 Å². The van der Waals surface area contributed by atoms with E-state index in [9.17, 15) is 4.79 Å². The van der Waals surface area contributed by atoms with Crippen molar-refractivity contribution in [1.82, 2.24) is 14.8 Å². The van der Waals surface area contributed by atoms with Crippen LogP contribution in [0.5, 0.6) is 0 Å². The summed E-state index contributed by atoms with van der Waals surface area (Å²) in [4.78, 5) is 15.2. The summed E-state index contributed by atoms with van der Waals surface area (Å²) in [5.41, 5.74) is 3.12. The fraction of sp³-hybridized carbons (Fsp3) is 0.318. The summed E-state index contributed by atoms with van der Waals surface area (Å²) in [5.74, 6) is 0.0305. The number of likely N-dealkylation sites (tertiary alicyclic amines) is 1. The zero-order valence-electron chi connectivity index (χ0n) is 15.5. The molecule has 5 heteroatoms. The van der Waals surface area contributed by atoms with Gasteiger partial charge in [-0.25, -0.2) is 0 Å². The van der Waals surface area contributed by atoms with Crippen molar-refractivity contribution in [3.8, 4) is 0 Å². The van der Waals surface area contributed by atoms with Gasteiger partial charge >= 0.3 is 0 Å². The Morgan fingerprint density at radius 1 is 1.11 bits per heavy atom. The van der Waals surface area contributed by atoms with E-state index in [1.54, 1.807) is 0 Å². The topological polar surface area (TPSA) is 37.3 Å². The molecule has 2 heterocycles. The van der Waals surface area contributed by atoms with Gasteiger partial charge in [0.1, 0.15) is 0 Å². The number of carbonyl (C=O) groups excluding carboxylic acids is 1. The molecule has 1 aliphatic heterocycles. The van der Waals surface area contributed by atoms with Gasteiger partial charge in [-0.3, -0.25) is 9.69 Å². The zero-order chi connectivity index (χ0) is 18.8. The molecule has 0 saturated carbocycles. The van der Waals surface area contributed by atoms with Gasteiger partial charge in [0, 0.05) is 54.8 Å². The van der Waals surface area contributed by atoms with Crippen LogP contribution < -0.4 is 5.32 Å². The van der Waals surface area contributed by atoms with Crippen LogP contribution in [0.4, 0.5) is 0 Å². The average molecular weight is 382 g/mol. The lowest BCUT2D eigenvalue weighted by Gasteiger charge is -2.32. The first-order chi connectivity index (χ1) is 13.1. The molecule has 1 fully saturated rings. The number of nitrogens with zero attached hydrogens (tertiary/aromatic N) is 2. The predicted octanol–water partition coefficient (Wildman–Crippen LogP) is 4.23. The number of amides is 1. The van der Waals surface area contributed by atoms with Gasteiger partial charge in [0.05, 0.1) is 5.56 Å². The van der Waals surface area contributed by atoms with Gasteiger partial charge < -0.3 is 9.88 Å². The highest BCUT2D eigenvalue weighted by atomic mass is 35.5. The van der Waals surface area contributed by atoms with E-state index in [4.69, 9.17) is 11.6 Å². The van der Waals surface area contributed by atoms with Gasteiger partial charge in [-0.15, -0.1) is 0 Å². The highest BCUT2D eigenvalue weighted by molar-refractivity contribution is 6.30. The molecule has 27 heavy (non-hydrogen) atoms. The first-order valence-electron chi connectivity index (χ1n) is 9.42. The molecule has 0 radical (unpaired) electrons. The van der Waals surface area contributed by atoms with E-state index in [-0.39, 0.29) is 11.9 Å². The minimum atomic E-state index is 0.0305. The number of benzene rings is 2. The Bertz CT molecular complexity index is 940. The fourth-order valence-corrected chi connectivity index (χ4v) is 4.00. The van der Waals surface area contributed by atoms with Crippen molar-refractivity contribution in [3.63, 3.8) is 0 Å². The maximum atomic E-state index is 12.8. The number of aryl methyl sites for hydroxylation is 1. The van der Waals surface area contributed by atoms with E-state index >= 15 is 0 Å². The van der Waals surface area contributed by atoms with Crippen LogP contribution in [-0.2, 0) is 13.6 Å². The predicted molar refractivity (Wildman–Crippen MR) is 110 cm³/mol. The first kappa shape index (κ1) is 18.1. The molecule has 0 unspecified atom stereocenters. The molecule has 4 rings (SSSR count). The summed E-state index contributed by atoms with van der Waals surface area (Å²) >= 11 is 5.96. The monoisotopic (exact) mass is 381 g/mol. The van der Waals surface area contributed by atoms with Crippen LogP contribution in [0, 0.1) is 0 Å². The van der Waals surface area contributed by atoms with E-state index in [0.29, 0.717) is 0 Å². The zero-order valence-corrected chi connectivity index (χ0v) is 16.2. The van der Waals surface area contributed by atoms with Gasteiger partial charge in [-0.1, -0.05) is 41.9 Å². The van der Waals surface area contributed by atoms with Crippen molar-refractivity contribution in [2.24, 2.45) is 7.05 Å². The Labute approximate surface area is 164 Å². The van der Waals surface area contributed by atoms with E-state index in [2.05, 4.69) is 22.3 Å². The SMILES string of the molecule is Cn1cc(C(=O)NC2CCN(Cc3ccc(Cl)cc3)CC2)c2ccccc21. The van der Waals surface area contributed by atoms with Crippen molar-refractivity contribution in [3.05, 3.63) is 70.9 Å². The van der Waals surface area contributed by atoms with Crippen molar-refractivity contribution < 1.29 is 4.79 Å². The number of hydrogen-bond donors (Lipinski definition) is 1. The number of carbonyl (C=O) groups is 1. The quantitative estimate of drug-likeness (QED) is 0.734. The second kappa shape index (κ2) is 7.75. The lowest BCUT2D eigenvalue weighted by Crippen LogP contribution is -2.44. The Morgan fingerprint density at radius 2 is 1.81 bits per heavy atom. The van der Waals surface area contributed by atoms with Gasteiger partial charge in [0.2, 0.25) is 0 Å². The summed E-state index contributed by atoms with van der Waals surface area (Å²) in [6.45, 7) is 2.91. The molecule has 3 aromatic rings. The Morgan fingerprint density at radius 3 is 2.56 bits per heavy atom. The number of halogens is 1. The highest BCUT2D eigenvalue weighted by Gasteiger charge is 2.22. The molecule has 1 aliphatic rings. The van der Waals surface area contributed by atoms with Gasteiger partial charge in [0.15, 0.2) is 0 Å². The smallest absolute Gasteiger partial charge is 0.253 e. The molecule has 1 N–H and O–H groups in total. The Balaban J connectivity index is 1.34. The number of piperidine rings is 1. The summed E-state index contributed by atoms with van der Waals surface area (Å²) in [6, 6.07) is 16.3. The third kappa shape index (κ3) is 4.02. The van der Waals surface area contributed by atoms with Crippen LogP contribution in [0.25, 0.3) is 10.9 Å². The summed E-state index contributed by atoms with van der Waals surface area (Å²) in [7, 11) is 1.98. The third-order valence-electron chi connectivity index (χ3n) is 5.38. The minimum Gasteiger partial charge on any atom is -0.350 e. The molecule has 0 atom stereocenters. The molecule has 0 spiro atoms. The molecule has 2 aromatic carbocycles. The summed E-state index contributed by atoms with van der Waals surface area (Å²) < 4.78 is 2.01. The molecule has 1 saturated heterocycles. The van der Waals surface area contributed by atoms with Crippen molar-refractivity contribution in [1.29, 1.82) is 0 Å². The van der Waals surface area contributed by atoms with E-state index in [1.807, 2.05) is 54.2 Å². The Kier molecular flexibility index (Phi) is 5.19. The molecule has 4 nitrogen and oxygen atoms in total. The minimum absolute atomic E-state index is 0.0305. The molecule has 0 aliphatic carbocycles. The second-order valence-corrected chi connectivity index (χ2v) is 7.76. The molecule has 0 bridgehead atoms. The normalized spacial score (nSPS) is 15.9. The van der Waals surface area contributed by atoms with Crippen LogP contribution in [-0.4, -0.2) is 34.5 Å². The molecular weight excluding hydrogens is 358 g/mol. The Hall–Kier alpha value is -2.30. The fourth-order valence-electron chi connectivity index (χ4n) is 3.87. The maximum absolute atomic E-state index is 12.8. The number of hydrogen-bond acceptors (Lipinski definition) is 2. The summed E-state index contributed by atoms with van der Waals surface area (Å²) in [6.07, 6.45) is 3.88. The third-order valence-corrected chi connectivity index (χ3v) is 5.64. The standard InChI is InChI=1S/C22H24ClN3O/c1-25-15-20(19-4-2-3-5-21(19)25)22(27)24-18-10-12-26(13-11-18)14-16-6-8-17(23)9-7-16/h2-9,15,18H,10-14H2,1H3,(H,24,27). The molecular formula is C22H24ClN3O. The number of aromatic nitrogens is 1. The highest BCUT2D eigenvalue weighted by Crippen LogP contribution is 2.21. The van der Waals surface area contributed by atoms with Crippen LogP contribution in [0.2, 0.25) is 5.02 Å². The lowest BCUT2D eigenvalue weighted by atomic mass is 10.0. The number of para-hydroxylation sites is 1. The summed E-state index contributed by atoms with van der Waals surface area (Å²) in [5, 5.41) is 5.02. The van der Waals surface area contributed by atoms with Crippen LogP contribution >= 0.6 is 11.6 Å². The maximum Gasteiger partial charge on any atom is 0.253 e. The number of nitrogens with one attached hydrogen (secondary N) is 1. The first-order valence-corrected chi connectivity index (χ1v) is 9.79. The van der Waals surface area contributed by atoms with Crippen LogP contribution in [0.15, 0.2) is 54.7 Å². The number of fused-ring (bicyclic) bond motifs is 1. The van der Waals surface area contributed by atoms with Crippen molar-refractivity contribution in [2.75, 3.05) is 13.1 Å². The van der Waals surface area contributed by atoms with Crippen molar-refractivity contribution >= 4 is 28.4 Å². The van der Waals surface area contributed by atoms with Gasteiger partial charge in [0.25, 0.3) is 5.91 Å². The molecule has 1 amide bonds. The van der Waals surface area contributed by atoms with E-state index in [0.717, 1.165) is 54.0 Å². The van der Waals surface area contributed by atoms with Crippen LogP contribution in [0.3, 0.4) is 0 Å². The molecule has 140 valence electrons. The van der Waals surface area contributed by atoms with Crippen LogP contribution in [0.1, 0.15) is 28.8 Å². The van der Waals surface area contributed by atoms with Gasteiger partial charge in [-0.2, -0.15) is 0 Å². The number of rotatable bonds is 4. The molecule has 1 aromatic heterocycles. The van der Waals surface area contributed by atoms with E-state index in [1.165, 1.54) is 5.56 Å². The average Bonchev–Trinajstić information content (AvgIpc) is 3.02. The van der Waals surface area contributed by atoms with Crippen molar-refractivity contribution in [2.45, 2.75) is 25.4 Å². The second-order valence-electron chi connectivity index (χ2n) is 7.32. The van der Waals surface area contributed by atoms with Gasteiger partial charge in [-0.05, 0) is 36.6 Å². The largest absolute Gasteiger partial charge is 0.350 e.